The molecule has 2 N–H and O–H groups in total. The third-order valence-electron chi connectivity index (χ3n) is 5.88. The van der Waals surface area contributed by atoms with Gasteiger partial charge < -0.3 is 15.4 Å². The molecule has 3 aromatic carbocycles. The number of anilines is 1. The Labute approximate surface area is 212 Å². The molecule has 8 heteroatoms. The van der Waals surface area contributed by atoms with Gasteiger partial charge in [0.1, 0.15) is 5.75 Å². The minimum Gasteiger partial charge on any atom is -0.494 e. The van der Waals surface area contributed by atoms with Crippen molar-refractivity contribution in [3.63, 3.8) is 0 Å². The van der Waals surface area contributed by atoms with Crippen molar-refractivity contribution < 1.29 is 17.9 Å². The van der Waals surface area contributed by atoms with Crippen LogP contribution in [0.3, 0.4) is 0 Å². The van der Waals surface area contributed by atoms with E-state index < -0.39 is 10.0 Å². The first kappa shape index (κ1) is 25.3. The van der Waals surface area contributed by atoms with E-state index in [1.807, 2.05) is 37.3 Å². The number of aryl methyl sites for hydroxylation is 1. The van der Waals surface area contributed by atoms with Gasteiger partial charge in [-0.3, -0.25) is 0 Å². The van der Waals surface area contributed by atoms with E-state index in [1.54, 1.807) is 48.7 Å². The molecule has 0 bridgehead atoms. The minimum absolute atomic E-state index is 0.245. The van der Waals surface area contributed by atoms with E-state index in [4.69, 9.17) is 4.74 Å². The lowest BCUT2D eigenvalue weighted by Crippen LogP contribution is -2.30. The van der Waals surface area contributed by atoms with Crippen molar-refractivity contribution in [1.29, 1.82) is 0 Å². The number of aromatic nitrogens is 1. The molecule has 1 heterocycles. The molecule has 0 unspecified atom stereocenters. The fraction of sp³-hybridized carbons (Fsp3) is 0.250. The summed E-state index contributed by atoms with van der Waals surface area (Å²) >= 11 is 0. The Balaban J connectivity index is 1.36. The molecule has 0 aliphatic rings. The van der Waals surface area contributed by atoms with Crippen molar-refractivity contribution in [2.24, 2.45) is 0 Å². The molecule has 4 rings (SSSR count). The summed E-state index contributed by atoms with van der Waals surface area (Å²) in [5, 5.41) is 6.49. The smallest absolute Gasteiger partial charge is 0.319 e. The van der Waals surface area contributed by atoms with Gasteiger partial charge in [-0.2, -0.15) is 0 Å². The van der Waals surface area contributed by atoms with Gasteiger partial charge in [0.05, 0.1) is 17.0 Å². The van der Waals surface area contributed by atoms with Crippen molar-refractivity contribution in [2.45, 2.75) is 38.0 Å². The number of amides is 2. The Morgan fingerprint density at radius 2 is 1.72 bits per heavy atom. The number of hydrogen-bond donors (Lipinski definition) is 2. The topological polar surface area (TPSA) is 89.4 Å². The number of nitrogens with zero attached hydrogens (tertiary/aromatic N) is 1. The molecule has 0 fully saturated rings. The van der Waals surface area contributed by atoms with Gasteiger partial charge in [-0.1, -0.05) is 43.2 Å². The van der Waals surface area contributed by atoms with Gasteiger partial charge in [-0.25, -0.2) is 17.2 Å². The number of rotatable bonds is 10. The third kappa shape index (κ3) is 6.07. The predicted octanol–water partition coefficient (Wildman–Crippen LogP) is 5.73. The molecule has 2 amide bonds. The maximum Gasteiger partial charge on any atom is 0.319 e. The summed E-state index contributed by atoms with van der Waals surface area (Å²) < 4.78 is 33.3. The number of benzene rings is 3. The van der Waals surface area contributed by atoms with Gasteiger partial charge in [0.2, 0.25) is 0 Å². The zero-order chi connectivity index (χ0) is 25.5. The number of carbonyl (C=O) groups is 1. The number of nitrogens with one attached hydrogen (secondary N) is 2. The van der Waals surface area contributed by atoms with E-state index >= 15 is 0 Å². The quantitative estimate of drug-likeness (QED) is 0.269. The van der Waals surface area contributed by atoms with Gasteiger partial charge in [0, 0.05) is 23.8 Å². The zero-order valence-electron chi connectivity index (χ0n) is 20.5. The molecule has 0 atom stereocenters. The number of urea groups is 1. The molecule has 188 valence electrons. The average Bonchev–Trinajstić information content (AvgIpc) is 3.30. The van der Waals surface area contributed by atoms with Crippen LogP contribution in [-0.4, -0.2) is 31.6 Å². The zero-order valence-corrected chi connectivity index (χ0v) is 21.3. The molecule has 0 aliphatic carbocycles. The Morgan fingerprint density at radius 1 is 0.972 bits per heavy atom. The van der Waals surface area contributed by atoms with Crippen LogP contribution in [0.2, 0.25) is 0 Å². The van der Waals surface area contributed by atoms with Gasteiger partial charge in [-0.15, -0.1) is 0 Å². The highest BCUT2D eigenvalue weighted by Crippen LogP contribution is 2.24. The van der Waals surface area contributed by atoms with E-state index in [0.717, 1.165) is 35.1 Å². The van der Waals surface area contributed by atoms with Crippen LogP contribution in [0.4, 0.5) is 10.5 Å². The van der Waals surface area contributed by atoms with Crippen LogP contribution in [-0.2, 0) is 16.4 Å². The maximum absolute atomic E-state index is 13.2. The lowest BCUT2D eigenvalue weighted by Gasteiger charge is -2.10. The van der Waals surface area contributed by atoms with Crippen LogP contribution in [0.25, 0.3) is 10.9 Å². The number of fused-ring (bicyclic) bond motifs is 1. The van der Waals surface area contributed by atoms with Gasteiger partial charge in [0.25, 0.3) is 10.0 Å². The molecule has 1 aromatic heterocycles. The normalized spacial score (nSPS) is 11.4. The Morgan fingerprint density at radius 3 is 2.44 bits per heavy atom. The van der Waals surface area contributed by atoms with E-state index in [9.17, 15) is 13.2 Å². The summed E-state index contributed by atoms with van der Waals surface area (Å²) in [6, 6.07) is 21.3. The van der Waals surface area contributed by atoms with E-state index in [1.165, 1.54) is 3.97 Å². The van der Waals surface area contributed by atoms with Gasteiger partial charge >= 0.3 is 6.03 Å². The molecule has 0 spiro atoms. The van der Waals surface area contributed by atoms with Crippen molar-refractivity contribution >= 4 is 32.6 Å². The molecular formula is C28H31N3O4S. The van der Waals surface area contributed by atoms with Crippen LogP contribution in [0.1, 0.15) is 30.9 Å². The number of hydrogen-bond acceptors (Lipinski definition) is 4. The third-order valence-corrected chi connectivity index (χ3v) is 7.58. The highest BCUT2D eigenvalue weighted by atomic mass is 32.2. The van der Waals surface area contributed by atoms with Gasteiger partial charge in [0.15, 0.2) is 0 Å². The first-order valence-corrected chi connectivity index (χ1v) is 13.5. The van der Waals surface area contributed by atoms with Crippen molar-refractivity contribution in [3.05, 3.63) is 90.1 Å². The minimum atomic E-state index is -3.71. The number of unbranched alkanes of at least 4 members (excludes halogenated alkanes) is 1. The molecule has 7 nitrogen and oxygen atoms in total. The summed E-state index contributed by atoms with van der Waals surface area (Å²) in [5.74, 6) is 0.777. The SMILES string of the molecule is CCCCOc1ccc(NC(=O)NCCc2ccc3ccn(S(=O)(=O)c4ccc(C)cc4)c3c2)cc1. The Bertz CT molecular complexity index is 1430. The second-order valence-electron chi connectivity index (χ2n) is 8.68. The molecule has 0 radical (unpaired) electrons. The first-order chi connectivity index (χ1) is 17.4. The van der Waals surface area contributed by atoms with E-state index in [0.29, 0.717) is 30.8 Å². The van der Waals surface area contributed by atoms with E-state index in [-0.39, 0.29) is 10.9 Å². The molecule has 0 saturated carbocycles. The largest absolute Gasteiger partial charge is 0.494 e. The van der Waals surface area contributed by atoms with Crippen LogP contribution in [0, 0.1) is 6.92 Å². The lowest BCUT2D eigenvalue weighted by atomic mass is 10.1. The predicted molar refractivity (Wildman–Crippen MR) is 143 cm³/mol. The Hall–Kier alpha value is -3.78. The Kier molecular flexibility index (Phi) is 7.95. The molecular weight excluding hydrogens is 474 g/mol. The molecule has 0 saturated heterocycles. The lowest BCUT2D eigenvalue weighted by molar-refractivity contribution is 0.252. The molecule has 4 aromatic rings. The van der Waals surface area contributed by atoms with Crippen molar-refractivity contribution in [2.75, 3.05) is 18.5 Å². The fourth-order valence-electron chi connectivity index (χ4n) is 3.80. The summed E-state index contributed by atoms with van der Waals surface area (Å²) in [6.45, 7) is 5.11. The highest BCUT2D eigenvalue weighted by Gasteiger charge is 2.19. The van der Waals surface area contributed by atoms with Crippen LogP contribution >= 0.6 is 0 Å². The van der Waals surface area contributed by atoms with Crippen molar-refractivity contribution in [1.82, 2.24) is 9.29 Å². The standard InChI is InChI=1S/C28H31N3O4S/c1-3-4-19-35-25-11-9-24(10-12-25)30-28(32)29-17-15-22-7-8-23-16-18-31(27(23)20-22)36(33,34)26-13-5-21(2)6-14-26/h5-14,16,18,20H,3-4,15,17,19H2,1-2H3,(H2,29,30,32). The first-order valence-electron chi connectivity index (χ1n) is 12.1. The number of ether oxygens (including phenoxy) is 1. The van der Waals surface area contributed by atoms with E-state index in [2.05, 4.69) is 17.6 Å². The summed E-state index contributed by atoms with van der Waals surface area (Å²) in [6.07, 6.45) is 4.22. The van der Waals surface area contributed by atoms with Gasteiger partial charge in [-0.05, 0) is 73.9 Å². The average molecular weight is 506 g/mol. The number of carbonyl (C=O) groups excluding carboxylic acids is 1. The summed E-state index contributed by atoms with van der Waals surface area (Å²) in [4.78, 5) is 12.5. The summed E-state index contributed by atoms with van der Waals surface area (Å²) in [5.41, 5.74) is 3.21. The second kappa shape index (κ2) is 11.3. The fourth-order valence-corrected chi connectivity index (χ4v) is 5.15. The molecule has 0 aliphatic heterocycles. The van der Waals surface area contributed by atoms with Crippen molar-refractivity contribution in [3.8, 4) is 5.75 Å². The second-order valence-corrected chi connectivity index (χ2v) is 10.5. The van der Waals surface area contributed by atoms with Crippen LogP contribution in [0.5, 0.6) is 5.75 Å². The molecule has 36 heavy (non-hydrogen) atoms. The van der Waals surface area contributed by atoms with Crippen LogP contribution in [0.15, 0.2) is 83.9 Å². The highest BCUT2D eigenvalue weighted by molar-refractivity contribution is 7.90. The van der Waals surface area contributed by atoms with Crippen LogP contribution < -0.4 is 15.4 Å². The maximum atomic E-state index is 13.2. The monoisotopic (exact) mass is 505 g/mol. The summed E-state index contributed by atoms with van der Waals surface area (Å²) in [7, 11) is -3.71.